The van der Waals surface area contributed by atoms with E-state index < -0.39 is 5.91 Å². The van der Waals surface area contributed by atoms with Gasteiger partial charge in [-0.15, -0.1) is 5.10 Å². The number of halogens is 1. The minimum absolute atomic E-state index is 0.198. The summed E-state index contributed by atoms with van der Waals surface area (Å²) in [5.41, 5.74) is 0.632. The third-order valence-electron chi connectivity index (χ3n) is 2.53. The topological polar surface area (TPSA) is 73.3 Å². The van der Waals surface area contributed by atoms with Crippen LogP contribution in [0.1, 0.15) is 10.5 Å². The van der Waals surface area contributed by atoms with Gasteiger partial charge in [0.05, 0.1) is 24.9 Å². The highest BCUT2D eigenvalue weighted by molar-refractivity contribution is 6.32. The summed E-state index contributed by atoms with van der Waals surface area (Å²) in [6, 6.07) is 6.33. The molecule has 0 radical (unpaired) electrons. The molecule has 2 aromatic rings. The van der Waals surface area contributed by atoms with Crippen molar-refractivity contribution in [2.75, 3.05) is 19.5 Å². The summed E-state index contributed by atoms with van der Waals surface area (Å²) in [7, 11) is 2.97. The molecule has 1 N–H and O–H groups in total. The van der Waals surface area contributed by atoms with Gasteiger partial charge in [-0.3, -0.25) is 4.79 Å². The lowest BCUT2D eigenvalue weighted by Gasteiger charge is -2.12. The predicted molar refractivity (Wildman–Crippen MR) is 74.5 cm³/mol. The van der Waals surface area contributed by atoms with Gasteiger partial charge in [0.25, 0.3) is 5.91 Å². The van der Waals surface area contributed by atoms with Crippen molar-refractivity contribution in [1.82, 2.24) is 10.2 Å². The van der Waals surface area contributed by atoms with E-state index >= 15 is 0 Å². The normalized spacial score (nSPS) is 9.95. The number of aromatic nitrogens is 2. The molecule has 0 fully saturated rings. The van der Waals surface area contributed by atoms with Crippen molar-refractivity contribution < 1.29 is 14.3 Å². The Morgan fingerprint density at radius 1 is 1.25 bits per heavy atom. The van der Waals surface area contributed by atoms with Gasteiger partial charge in [0.1, 0.15) is 11.5 Å². The number of hydrogen-bond donors (Lipinski definition) is 1. The molecule has 0 saturated heterocycles. The van der Waals surface area contributed by atoms with Crippen LogP contribution in [-0.4, -0.2) is 30.3 Å². The van der Waals surface area contributed by atoms with Gasteiger partial charge >= 0.3 is 0 Å². The molecular formula is C13H12ClN3O3. The summed E-state index contributed by atoms with van der Waals surface area (Å²) in [6.07, 6.45) is 1.49. The molecule has 0 bridgehead atoms. The maximum Gasteiger partial charge on any atom is 0.276 e. The summed E-state index contributed by atoms with van der Waals surface area (Å²) in [4.78, 5) is 12.0. The number of rotatable bonds is 4. The van der Waals surface area contributed by atoms with Gasteiger partial charge in [0, 0.05) is 18.3 Å². The van der Waals surface area contributed by atoms with Gasteiger partial charge in [-0.1, -0.05) is 11.6 Å². The monoisotopic (exact) mass is 293 g/mol. The van der Waals surface area contributed by atoms with Gasteiger partial charge in [-0.2, -0.15) is 5.10 Å². The average molecular weight is 294 g/mol. The summed E-state index contributed by atoms with van der Waals surface area (Å²) in [6.45, 7) is 0. The van der Waals surface area contributed by atoms with Crippen molar-refractivity contribution in [2.45, 2.75) is 0 Å². The Labute approximate surface area is 120 Å². The van der Waals surface area contributed by atoms with Crippen molar-refractivity contribution in [2.24, 2.45) is 0 Å². The molecule has 0 atom stereocenters. The first-order valence-electron chi connectivity index (χ1n) is 5.66. The fourth-order valence-electron chi connectivity index (χ4n) is 1.57. The molecule has 7 heteroatoms. The van der Waals surface area contributed by atoms with Crippen LogP contribution in [0.15, 0.2) is 30.5 Å². The largest absolute Gasteiger partial charge is 0.495 e. The van der Waals surface area contributed by atoms with Gasteiger partial charge in [0.2, 0.25) is 0 Å². The van der Waals surface area contributed by atoms with Gasteiger partial charge < -0.3 is 14.8 Å². The number of benzene rings is 1. The lowest BCUT2D eigenvalue weighted by Crippen LogP contribution is -2.14. The molecule has 104 valence electrons. The van der Waals surface area contributed by atoms with E-state index in [-0.39, 0.29) is 5.69 Å². The molecule has 0 saturated carbocycles. The van der Waals surface area contributed by atoms with E-state index in [1.54, 1.807) is 24.3 Å². The number of amides is 1. The smallest absolute Gasteiger partial charge is 0.276 e. The van der Waals surface area contributed by atoms with Crippen molar-refractivity contribution in [1.29, 1.82) is 0 Å². The number of nitrogens with one attached hydrogen (secondary N) is 1. The molecule has 0 aliphatic rings. The zero-order chi connectivity index (χ0) is 14.5. The maximum atomic E-state index is 12.0. The molecule has 0 spiro atoms. The summed E-state index contributed by atoms with van der Waals surface area (Å²) in [5.74, 6) is 0.454. The van der Waals surface area contributed by atoms with Gasteiger partial charge in [-0.25, -0.2) is 0 Å². The Balaban J connectivity index is 2.31. The zero-order valence-electron chi connectivity index (χ0n) is 10.9. The number of nitrogens with zero attached hydrogens (tertiary/aromatic N) is 2. The standard InChI is InChI=1S/C13H12ClN3O3/c1-19-11-7-10(12(20-2)6-8(11)14)16-13(18)9-4-3-5-15-17-9/h3-7H,1-2H3,(H,16,18). The summed E-state index contributed by atoms with van der Waals surface area (Å²) >= 11 is 5.99. The highest BCUT2D eigenvalue weighted by Gasteiger charge is 2.14. The molecular weight excluding hydrogens is 282 g/mol. The van der Waals surface area contributed by atoms with E-state index in [4.69, 9.17) is 21.1 Å². The van der Waals surface area contributed by atoms with Crippen LogP contribution in [0.3, 0.4) is 0 Å². The predicted octanol–water partition coefficient (Wildman–Crippen LogP) is 2.40. The lowest BCUT2D eigenvalue weighted by molar-refractivity contribution is 0.102. The number of hydrogen-bond acceptors (Lipinski definition) is 5. The minimum atomic E-state index is -0.402. The zero-order valence-corrected chi connectivity index (χ0v) is 11.6. The van der Waals surface area contributed by atoms with Crippen molar-refractivity contribution in [3.05, 3.63) is 41.2 Å². The molecule has 1 heterocycles. The number of carbonyl (C=O) groups excluding carboxylic acids is 1. The van der Waals surface area contributed by atoms with Crippen LogP contribution < -0.4 is 14.8 Å². The fraction of sp³-hybridized carbons (Fsp3) is 0.154. The Hall–Kier alpha value is -2.34. The van der Waals surface area contributed by atoms with Gasteiger partial charge in [0.15, 0.2) is 5.69 Å². The average Bonchev–Trinajstić information content (AvgIpc) is 2.49. The Bertz CT molecular complexity index is 620. The second kappa shape index (κ2) is 6.21. The SMILES string of the molecule is COc1cc(NC(=O)c2cccnn2)c(OC)cc1Cl. The minimum Gasteiger partial charge on any atom is -0.495 e. The Morgan fingerprint density at radius 2 is 2.00 bits per heavy atom. The first-order chi connectivity index (χ1) is 9.65. The van der Waals surface area contributed by atoms with Crippen LogP contribution >= 0.6 is 11.6 Å². The Morgan fingerprint density at radius 3 is 2.60 bits per heavy atom. The molecule has 0 unspecified atom stereocenters. The summed E-state index contributed by atoms with van der Waals surface area (Å²) < 4.78 is 10.3. The van der Waals surface area contributed by atoms with Gasteiger partial charge in [-0.05, 0) is 12.1 Å². The number of methoxy groups -OCH3 is 2. The number of anilines is 1. The van der Waals surface area contributed by atoms with E-state index in [0.29, 0.717) is 22.2 Å². The second-order valence-electron chi connectivity index (χ2n) is 3.75. The van der Waals surface area contributed by atoms with Crippen LogP contribution in [0.5, 0.6) is 11.5 Å². The van der Waals surface area contributed by atoms with Crippen LogP contribution in [0.2, 0.25) is 5.02 Å². The molecule has 1 aromatic carbocycles. The molecule has 6 nitrogen and oxygen atoms in total. The van der Waals surface area contributed by atoms with Crippen molar-refractivity contribution in [3.63, 3.8) is 0 Å². The van der Waals surface area contributed by atoms with E-state index in [1.165, 1.54) is 20.4 Å². The Kier molecular flexibility index (Phi) is 4.37. The van der Waals surface area contributed by atoms with Crippen molar-refractivity contribution in [3.8, 4) is 11.5 Å². The molecule has 0 aliphatic carbocycles. The first-order valence-corrected chi connectivity index (χ1v) is 6.04. The van der Waals surface area contributed by atoms with Crippen LogP contribution in [0, 0.1) is 0 Å². The van der Waals surface area contributed by atoms with E-state index in [9.17, 15) is 4.79 Å². The molecule has 1 aromatic heterocycles. The number of ether oxygens (including phenoxy) is 2. The maximum absolute atomic E-state index is 12.0. The van der Waals surface area contributed by atoms with Crippen LogP contribution in [0.4, 0.5) is 5.69 Å². The second-order valence-corrected chi connectivity index (χ2v) is 4.16. The third kappa shape index (κ3) is 2.97. The molecule has 1 amide bonds. The highest BCUT2D eigenvalue weighted by Crippen LogP contribution is 2.35. The van der Waals surface area contributed by atoms with Crippen LogP contribution in [-0.2, 0) is 0 Å². The molecule has 0 aliphatic heterocycles. The van der Waals surface area contributed by atoms with E-state index in [0.717, 1.165) is 0 Å². The molecule has 20 heavy (non-hydrogen) atoms. The number of carbonyl (C=O) groups is 1. The molecule has 2 rings (SSSR count). The van der Waals surface area contributed by atoms with Crippen LogP contribution in [0.25, 0.3) is 0 Å². The van der Waals surface area contributed by atoms with Crippen molar-refractivity contribution >= 4 is 23.2 Å². The van der Waals surface area contributed by atoms with E-state index in [1.807, 2.05) is 0 Å². The third-order valence-corrected chi connectivity index (χ3v) is 2.82. The highest BCUT2D eigenvalue weighted by atomic mass is 35.5. The summed E-state index contributed by atoms with van der Waals surface area (Å²) in [5, 5.41) is 10.4. The quantitative estimate of drug-likeness (QED) is 0.937. The first kappa shape index (κ1) is 14.1. The lowest BCUT2D eigenvalue weighted by atomic mass is 10.2. The fourth-order valence-corrected chi connectivity index (χ4v) is 1.80. The van der Waals surface area contributed by atoms with E-state index in [2.05, 4.69) is 15.5 Å².